The molecule has 0 spiro atoms. The first-order valence-electron chi connectivity index (χ1n) is 9.24. The van der Waals surface area contributed by atoms with Gasteiger partial charge in [0.1, 0.15) is 18.6 Å². The predicted octanol–water partition coefficient (Wildman–Crippen LogP) is 5.94. The summed E-state index contributed by atoms with van der Waals surface area (Å²) in [5, 5.41) is 6.43. The molecule has 0 aliphatic heterocycles. The number of fused-ring (bicyclic) bond motifs is 2. The number of hydrogen-bond donors (Lipinski definition) is 0. The van der Waals surface area contributed by atoms with Gasteiger partial charge in [-0.05, 0) is 73.7 Å². The topological polar surface area (TPSA) is 44.1 Å². The number of aldehydes is 1. The van der Waals surface area contributed by atoms with Crippen molar-refractivity contribution in [3.05, 3.63) is 63.8 Å². The van der Waals surface area contributed by atoms with E-state index < -0.39 is 0 Å². The summed E-state index contributed by atoms with van der Waals surface area (Å²) < 4.78 is 7.94. The highest BCUT2D eigenvalue weighted by Gasteiger charge is 2.18. The molecule has 28 heavy (non-hydrogen) atoms. The molecule has 1 aromatic heterocycles. The molecule has 4 nitrogen and oxygen atoms in total. The van der Waals surface area contributed by atoms with Crippen molar-refractivity contribution in [2.75, 3.05) is 0 Å². The molecule has 0 saturated carbocycles. The van der Waals surface area contributed by atoms with Gasteiger partial charge in [0.2, 0.25) is 0 Å². The fraction of sp³-hybridized carbons (Fsp3) is 0.273. The molecule has 2 aromatic carbocycles. The first-order valence-corrected chi connectivity index (χ1v) is 10.00. The zero-order valence-electron chi connectivity index (χ0n) is 15.7. The third-order valence-electron chi connectivity index (χ3n) is 5.02. The summed E-state index contributed by atoms with van der Waals surface area (Å²) in [6.07, 6.45) is 2.30. The van der Waals surface area contributed by atoms with Gasteiger partial charge in [-0.1, -0.05) is 29.3 Å². The summed E-state index contributed by atoms with van der Waals surface area (Å²) in [5.41, 5.74) is 4.73. The molecule has 1 aliphatic rings. The van der Waals surface area contributed by atoms with Gasteiger partial charge in [-0.25, -0.2) is 0 Å². The molecule has 0 fully saturated rings. The van der Waals surface area contributed by atoms with Crippen molar-refractivity contribution in [3.8, 4) is 5.75 Å². The summed E-state index contributed by atoms with van der Waals surface area (Å²) in [6, 6.07) is 12.1. The average Bonchev–Trinajstić information content (AvgIpc) is 3.03. The van der Waals surface area contributed by atoms with Crippen LogP contribution in [-0.2, 0) is 17.8 Å². The lowest BCUT2D eigenvalue weighted by molar-refractivity contribution is -0.105. The number of aryl methyl sites for hydroxylation is 1. The molecule has 0 amide bonds. The van der Waals surface area contributed by atoms with E-state index in [1.54, 1.807) is 0 Å². The number of ether oxygens (including phenoxy) is 1. The van der Waals surface area contributed by atoms with E-state index in [-0.39, 0.29) is 6.04 Å². The first-order chi connectivity index (χ1) is 13.5. The Morgan fingerprint density at radius 1 is 1.18 bits per heavy atom. The van der Waals surface area contributed by atoms with Crippen LogP contribution in [0.1, 0.15) is 43.0 Å². The predicted molar refractivity (Wildman–Crippen MR) is 113 cm³/mol. The Morgan fingerprint density at radius 3 is 2.75 bits per heavy atom. The molecule has 4 rings (SSSR count). The second-order valence-electron chi connectivity index (χ2n) is 7.25. The van der Waals surface area contributed by atoms with Gasteiger partial charge in [-0.2, -0.15) is 5.10 Å². The van der Waals surface area contributed by atoms with Crippen molar-refractivity contribution >= 4 is 45.4 Å². The largest absolute Gasteiger partial charge is 0.489 e. The molecule has 0 unspecified atom stereocenters. The van der Waals surface area contributed by atoms with Crippen LogP contribution in [0, 0.1) is 0 Å². The van der Waals surface area contributed by atoms with Crippen LogP contribution < -0.4 is 4.74 Å². The summed E-state index contributed by atoms with van der Waals surface area (Å²) in [6.45, 7) is 4.60. The van der Waals surface area contributed by atoms with Crippen LogP contribution in [0.15, 0.2) is 42.0 Å². The molecule has 0 bridgehead atoms. The van der Waals surface area contributed by atoms with Crippen LogP contribution in [-0.4, -0.2) is 16.1 Å². The average molecular weight is 415 g/mol. The number of rotatable bonds is 5. The Hall–Kier alpha value is -2.30. The zero-order chi connectivity index (χ0) is 19.8. The van der Waals surface area contributed by atoms with Gasteiger partial charge >= 0.3 is 0 Å². The third-order valence-corrected chi connectivity index (χ3v) is 5.75. The van der Waals surface area contributed by atoms with Crippen molar-refractivity contribution < 1.29 is 9.53 Å². The van der Waals surface area contributed by atoms with Crippen LogP contribution in [0.5, 0.6) is 5.75 Å². The Balaban J connectivity index is 1.56. The Labute approximate surface area is 173 Å². The maximum atomic E-state index is 11.1. The van der Waals surface area contributed by atoms with Crippen molar-refractivity contribution in [1.29, 1.82) is 0 Å². The Morgan fingerprint density at radius 2 is 2.00 bits per heavy atom. The van der Waals surface area contributed by atoms with Gasteiger partial charge in [0.15, 0.2) is 5.15 Å². The number of benzene rings is 2. The summed E-state index contributed by atoms with van der Waals surface area (Å²) in [5.74, 6) is 0.785. The summed E-state index contributed by atoms with van der Waals surface area (Å²) >= 11 is 12.6. The SMILES string of the molecule is CC(C)n1nc(Cl)c2ccc(COc3ccc4c(c3)CCC(C=O)=C4Cl)cc21. The highest BCUT2D eigenvalue weighted by molar-refractivity contribution is 6.50. The standard InChI is InChI=1S/C22H20Cl2N2O2/c1-13(2)26-20-9-14(3-7-19(20)22(24)25-26)12-28-17-6-8-18-15(10-17)4-5-16(11-27)21(18)23/h3,6-11,13H,4-5,12H2,1-2H3. The number of allylic oxidation sites excluding steroid dienone is 1. The summed E-state index contributed by atoms with van der Waals surface area (Å²) in [7, 11) is 0. The van der Waals surface area contributed by atoms with Gasteiger partial charge in [0.05, 0.1) is 10.5 Å². The Kier molecular flexibility index (Phi) is 5.17. The smallest absolute Gasteiger partial charge is 0.158 e. The minimum atomic E-state index is 0.223. The van der Waals surface area contributed by atoms with Crippen LogP contribution in [0.3, 0.4) is 0 Å². The quantitative estimate of drug-likeness (QED) is 0.484. The molecule has 3 aromatic rings. The van der Waals surface area contributed by atoms with Crippen LogP contribution in [0.4, 0.5) is 0 Å². The molecule has 1 heterocycles. The van der Waals surface area contributed by atoms with Crippen molar-refractivity contribution in [2.45, 2.75) is 39.3 Å². The van der Waals surface area contributed by atoms with Gasteiger partial charge in [-0.15, -0.1) is 0 Å². The molecule has 0 radical (unpaired) electrons. The van der Waals surface area contributed by atoms with Crippen molar-refractivity contribution in [2.24, 2.45) is 0 Å². The number of nitrogens with zero attached hydrogens (tertiary/aromatic N) is 2. The Bertz CT molecular complexity index is 1100. The number of halogens is 2. The van der Waals surface area contributed by atoms with Gasteiger partial charge < -0.3 is 4.74 Å². The second-order valence-corrected chi connectivity index (χ2v) is 7.98. The number of carbonyl (C=O) groups excluding carboxylic acids is 1. The fourth-order valence-corrected chi connectivity index (χ4v) is 4.10. The van der Waals surface area contributed by atoms with Gasteiger partial charge in [-0.3, -0.25) is 9.48 Å². The van der Waals surface area contributed by atoms with E-state index in [1.807, 2.05) is 35.0 Å². The minimum Gasteiger partial charge on any atom is -0.489 e. The van der Waals surface area contributed by atoms with E-state index in [0.717, 1.165) is 46.0 Å². The van der Waals surface area contributed by atoms with Crippen LogP contribution >= 0.6 is 23.2 Å². The molecule has 1 aliphatic carbocycles. The highest BCUT2D eigenvalue weighted by Crippen LogP contribution is 2.35. The van der Waals surface area contributed by atoms with E-state index in [1.165, 1.54) is 0 Å². The van der Waals surface area contributed by atoms with E-state index in [0.29, 0.717) is 28.8 Å². The maximum absolute atomic E-state index is 11.1. The maximum Gasteiger partial charge on any atom is 0.158 e. The monoisotopic (exact) mass is 414 g/mol. The molecular formula is C22H20Cl2N2O2. The van der Waals surface area contributed by atoms with Crippen LogP contribution in [0.2, 0.25) is 5.15 Å². The lowest BCUT2D eigenvalue weighted by atomic mass is 9.92. The van der Waals surface area contributed by atoms with Crippen molar-refractivity contribution in [3.63, 3.8) is 0 Å². The van der Waals surface area contributed by atoms with E-state index in [9.17, 15) is 4.79 Å². The number of carbonyl (C=O) groups is 1. The number of aromatic nitrogens is 2. The number of hydrogen-bond acceptors (Lipinski definition) is 3. The molecular weight excluding hydrogens is 395 g/mol. The van der Waals surface area contributed by atoms with Gasteiger partial charge in [0.25, 0.3) is 0 Å². The highest BCUT2D eigenvalue weighted by atomic mass is 35.5. The molecule has 6 heteroatoms. The molecule has 0 atom stereocenters. The molecule has 144 valence electrons. The van der Waals surface area contributed by atoms with E-state index in [4.69, 9.17) is 27.9 Å². The van der Waals surface area contributed by atoms with Crippen molar-refractivity contribution in [1.82, 2.24) is 9.78 Å². The lowest BCUT2D eigenvalue weighted by Crippen LogP contribution is -2.05. The fourth-order valence-electron chi connectivity index (χ4n) is 3.54. The normalized spacial score (nSPS) is 13.9. The first kappa shape index (κ1) is 19.0. The summed E-state index contributed by atoms with van der Waals surface area (Å²) in [4.78, 5) is 11.1. The van der Waals surface area contributed by atoms with Crippen LogP contribution in [0.25, 0.3) is 15.9 Å². The van der Waals surface area contributed by atoms with E-state index in [2.05, 4.69) is 25.0 Å². The minimum absolute atomic E-state index is 0.223. The zero-order valence-corrected chi connectivity index (χ0v) is 17.2. The third kappa shape index (κ3) is 3.43. The lowest BCUT2D eigenvalue weighted by Gasteiger charge is -2.18. The molecule has 0 N–H and O–H groups in total. The molecule has 0 saturated heterocycles. The van der Waals surface area contributed by atoms with Gasteiger partial charge in [0, 0.05) is 17.0 Å². The second kappa shape index (κ2) is 7.61. The van der Waals surface area contributed by atoms with E-state index >= 15 is 0 Å².